The summed E-state index contributed by atoms with van der Waals surface area (Å²) in [5, 5.41) is 2.77. The van der Waals surface area contributed by atoms with Gasteiger partial charge in [-0.3, -0.25) is 13.9 Å². The number of nitrogens with one attached hydrogen (secondary N) is 1. The van der Waals surface area contributed by atoms with Crippen LogP contribution in [0.2, 0.25) is 0 Å². The highest BCUT2D eigenvalue weighted by Crippen LogP contribution is 2.30. The van der Waals surface area contributed by atoms with Crippen LogP contribution in [0, 0.1) is 0 Å². The average Bonchev–Trinajstić information content (AvgIpc) is 2.98. The fraction of sp³-hybridized carbons (Fsp3) is 0.222. The number of hydrogen-bond donors (Lipinski definition) is 1. The van der Waals surface area contributed by atoms with Gasteiger partial charge in [0.25, 0.3) is 5.91 Å². The zero-order valence-corrected chi connectivity index (χ0v) is 14.8. The second-order valence-corrected chi connectivity index (χ2v) is 7.92. The minimum atomic E-state index is -3.30. The van der Waals surface area contributed by atoms with Gasteiger partial charge in [0, 0.05) is 23.4 Å². The van der Waals surface area contributed by atoms with Gasteiger partial charge in [0.2, 0.25) is 10.0 Å². The molecule has 0 aliphatic carbocycles. The molecular weight excluding hydrogens is 340 g/mol. The summed E-state index contributed by atoms with van der Waals surface area (Å²) in [6, 6.07) is 11.7. The number of benzene rings is 2. The van der Waals surface area contributed by atoms with Crippen molar-refractivity contribution >= 4 is 33.1 Å². The lowest BCUT2D eigenvalue weighted by Gasteiger charge is -2.16. The van der Waals surface area contributed by atoms with E-state index in [-0.39, 0.29) is 11.7 Å². The molecule has 7 heteroatoms. The van der Waals surface area contributed by atoms with Crippen LogP contribution in [0.3, 0.4) is 0 Å². The second kappa shape index (κ2) is 6.33. The van der Waals surface area contributed by atoms with Crippen LogP contribution in [0.5, 0.6) is 0 Å². The van der Waals surface area contributed by atoms with Crippen molar-refractivity contribution in [2.24, 2.45) is 0 Å². The highest BCUT2D eigenvalue weighted by molar-refractivity contribution is 7.92. The smallest absolute Gasteiger partial charge is 0.255 e. The van der Waals surface area contributed by atoms with Crippen molar-refractivity contribution in [1.82, 2.24) is 0 Å². The van der Waals surface area contributed by atoms with Crippen LogP contribution >= 0.6 is 0 Å². The Labute approximate surface area is 146 Å². The van der Waals surface area contributed by atoms with Gasteiger partial charge in [-0.15, -0.1) is 0 Å². The molecule has 1 aliphatic rings. The summed E-state index contributed by atoms with van der Waals surface area (Å²) in [6.07, 6.45) is 1.75. The summed E-state index contributed by atoms with van der Waals surface area (Å²) >= 11 is 0. The Hall–Kier alpha value is -2.67. The number of hydrogen-bond acceptors (Lipinski definition) is 4. The number of nitrogens with zero attached hydrogens (tertiary/aromatic N) is 1. The Morgan fingerprint density at radius 2 is 1.68 bits per heavy atom. The molecular formula is C18H18N2O4S. The number of carbonyl (C=O) groups excluding carboxylic acids is 2. The number of sulfonamides is 1. The lowest BCUT2D eigenvalue weighted by molar-refractivity contribution is 0.101. The lowest BCUT2D eigenvalue weighted by atomic mass is 10.1. The third-order valence-electron chi connectivity index (χ3n) is 4.14. The molecule has 130 valence electrons. The Bertz CT molecular complexity index is 950. The largest absolute Gasteiger partial charge is 0.322 e. The Kier molecular flexibility index (Phi) is 4.34. The number of amides is 1. The molecule has 1 amide bonds. The molecule has 2 aromatic rings. The molecule has 0 saturated carbocycles. The fourth-order valence-corrected chi connectivity index (χ4v) is 3.81. The van der Waals surface area contributed by atoms with E-state index in [9.17, 15) is 18.0 Å². The van der Waals surface area contributed by atoms with Gasteiger partial charge >= 0.3 is 0 Å². The molecule has 0 fully saturated rings. The number of rotatable bonds is 4. The first kappa shape index (κ1) is 17.2. The monoisotopic (exact) mass is 358 g/mol. The summed E-state index contributed by atoms with van der Waals surface area (Å²) in [5.41, 5.74) is 3.10. The molecule has 1 heterocycles. The molecule has 25 heavy (non-hydrogen) atoms. The zero-order chi connectivity index (χ0) is 18.2. The maximum atomic E-state index is 12.4. The van der Waals surface area contributed by atoms with Crippen molar-refractivity contribution in [1.29, 1.82) is 0 Å². The van der Waals surface area contributed by atoms with Crippen LogP contribution in [-0.2, 0) is 16.4 Å². The molecule has 2 aromatic carbocycles. The molecule has 1 N–H and O–H groups in total. The minimum Gasteiger partial charge on any atom is -0.322 e. The van der Waals surface area contributed by atoms with Crippen LogP contribution in [0.15, 0.2) is 42.5 Å². The molecule has 6 nitrogen and oxygen atoms in total. The van der Waals surface area contributed by atoms with E-state index in [0.29, 0.717) is 35.5 Å². The SMILES string of the molecule is CC(=O)c1ccc(NC(=O)c2ccc3c(c2)CCN3S(C)(=O)=O)cc1. The van der Waals surface area contributed by atoms with Gasteiger partial charge in [0.1, 0.15) is 0 Å². The van der Waals surface area contributed by atoms with Crippen LogP contribution in [0.4, 0.5) is 11.4 Å². The number of ketones is 1. The van der Waals surface area contributed by atoms with Crippen molar-refractivity contribution in [3.63, 3.8) is 0 Å². The molecule has 0 bridgehead atoms. The van der Waals surface area contributed by atoms with E-state index >= 15 is 0 Å². The standard InChI is InChI=1S/C18H18N2O4S/c1-12(21)13-3-6-16(7-4-13)19-18(22)15-5-8-17-14(11-15)9-10-20(17)25(2,23)24/h3-8,11H,9-10H2,1-2H3,(H,19,22). The normalized spacial score (nSPS) is 13.4. The number of fused-ring (bicyclic) bond motifs is 1. The van der Waals surface area contributed by atoms with E-state index in [1.807, 2.05) is 0 Å². The van der Waals surface area contributed by atoms with Crippen molar-refractivity contribution in [2.75, 3.05) is 22.4 Å². The Morgan fingerprint density at radius 3 is 2.28 bits per heavy atom. The summed E-state index contributed by atoms with van der Waals surface area (Å²) in [5.74, 6) is -0.317. The molecule has 0 unspecified atom stereocenters. The van der Waals surface area contributed by atoms with Crippen LogP contribution in [0.25, 0.3) is 0 Å². The van der Waals surface area contributed by atoms with E-state index in [1.54, 1.807) is 42.5 Å². The molecule has 0 saturated heterocycles. The first-order valence-corrected chi connectivity index (χ1v) is 9.63. The first-order chi connectivity index (χ1) is 11.8. The predicted molar refractivity (Wildman–Crippen MR) is 96.7 cm³/mol. The maximum absolute atomic E-state index is 12.4. The Morgan fingerprint density at radius 1 is 1.04 bits per heavy atom. The van der Waals surface area contributed by atoms with Crippen molar-refractivity contribution in [2.45, 2.75) is 13.3 Å². The third-order valence-corrected chi connectivity index (χ3v) is 5.32. The van der Waals surface area contributed by atoms with Gasteiger partial charge in [-0.2, -0.15) is 0 Å². The highest BCUT2D eigenvalue weighted by atomic mass is 32.2. The van der Waals surface area contributed by atoms with Crippen LogP contribution in [-0.4, -0.2) is 32.9 Å². The highest BCUT2D eigenvalue weighted by Gasteiger charge is 2.26. The van der Waals surface area contributed by atoms with Gasteiger partial charge in [0.05, 0.1) is 11.9 Å². The minimum absolute atomic E-state index is 0.0353. The topological polar surface area (TPSA) is 83.6 Å². The number of carbonyl (C=O) groups is 2. The molecule has 3 rings (SSSR count). The van der Waals surface area contributed by atoms with Gasteiger partial charge in [-0.25, -0.2) is 8.42 Å². The molecule has 1 aliphatic heterocycles. The third kappa shape index (κ3) is 3.56. The van der Waals surface area contributed by atoms with Crippen LogP contribution < -0.4 is 9.62 Å². The fourth-order valence-electron chi connectivity index (χ4n) is 2.85. The summed E-state index contributed by atoms with van der Waals surface area (Å²) < 4.78 is 24.9. The number of anilines is 2. The van der Waals surface area contributed by atoms with E-state index < -0.39 is 10.0 Å². The summed E-state index contributed by atoms with van der Waals surface area (Å²) in [7, 11) is -3.30. The molecule has 0 aromatic heterocycles. The van der Waals surface area contributed by atoms with E-state index in [0.717, 1.165) is 5.56 Å². The zero-order valence-electron chi connectivity index (χ0n) is 13.9. The lowest BCUT2D eigenvalue weighted by Crippen LogP contribution is -2.27. The quantitative estimate of drug-likeness (QED) is 0.851. The van der Waals surface area contributed by atoms with Crippen molar-refractivity contribution < 1.29 is 18.0 Å². The summed E-state index contributed by atoms with van der Waals surface area (Å²) in [6.45, 7) is 1.88. The first-order valence-electron chi connectivity index (χ1n) is 7.79. The van der Waals surface area contributed by atoms with Gasteiger partial charge in [-0.05, 0) is 61.4 Å². The summed E-state index contributed by atoms with van der Waals surface area (Å²) in [4.78, 5) is 23.7. The van der Waals surface area contributed by atoms with E-state index in [1.165, 1.54) is 17.5 Å². The maximum Gasteiger partial charge on any atom is 0.255 e. The molecule has 0 spiro atoms. The van der Waals surface area contributed by atoms with Crippen LogP contribution in [0.1, 0.15) is 33.2 Å². The Balaban J connectivity index is 1.79. The predicted octanol–water partition coefficient (Wildman–Crippen LogP) is 2.46. The molecule has 0 atom stereocenters. The van der Waals surface area contributed by atoms with Gasteiger partial charge in [0.15, 0.2) is 5.78 Å². The van der Waals surface area contributed by atoms with E-state index in [4.69, 9.17) is 0 Å². The number of Topliss-reactive ketones (excluding diaryl/α,β-unsaturated/α-hetero) is 1. The second-order valence-electron chi connectivity index (χ2n) is 6.02. The van der Waals surface area contributed by atoms with E-state index in [2.05, 4.69) is 5.32 Å². The van der Waals surface area contributed by atoms with Crippen molar-refractivity contribution in [3.8, 4) is 0 Å². The average molecular weight is 358 g/mol. The molecule has 0 radical (unpaired) electrons. The van der Waals surface area contributed by atoms with Crippen molar-refractivity contribution in [3.05, 3.63) is 59.2 Å². The van der Waals surface area contributed by atoms with Gasteiger partial charge < -0.3 is 5.32 Å². The van der Waals surface area contributed by atoms with Gasteiger partial charge in [-0.1, -0.05) is 0 Å².